The number of pyridine rings is 1. The maximum absolute atomic E-state index is 13.3. The van der Waals surface area contributed by atoms with E-state index in [4.69, 9.17) is 9.47 Å². The fourth-order valence-corrected chi connectivity index (χ4v) is 5.00. The average Bonchev–Trinajstić information content (AvgIpc) is 3.39. The number of H-pyrrole nitrogens is 1. The van der Waals surface area contributed by atoms with E-state index in [1.165, 1.54) is 5.56 Å². The Morgan fingerprint density at radius 3 is 2.41 bits per heavy atom. The lowest BCUT2D eigenvalue weighted by Crippen LogP contribution is -2.36. The molecule has 0 bridgehead atoms. The second-order valence-corrected chi connectivity index (χ2v) is 11.1. The van der Waals surface area contributed by atoms with E-state index in [1.54, 1.807) is 14.2 Å². The molecule has 9 heteroatoms. The first-order valence-corrected chi connectivity index (χ1v) is 13.4. The van der Waals surface area contributed by atoms with Crippen molar-refractivity contribution in [2.45, 2.75) is 72.5 Å². The number of fused-ring (bicyclic) bond motifs is 1. The van der Waals surface area contributed by atoms with Crippen LogP contribution in [-0.2, 0) is 18.5 Å². The molecule has 1 atom stereocenters. The summed E-state index contributed by atoms with van der Waals surface area (Å²) < 4.78 is 12.8. The van der Waals surface area contributed by atoms with E-state index in [1.807, 2.05) is 35.0 Å². The number of nitrogens with zero attached hydrogens (tertiary/aromatic N) is 5. The first kappa shape index (κ1) is 28.3. The number of ether oxygens (including phenoxy) is 2. The minimum atomic E-state index is -0.281. The summed E-state index contributed by atoms with van der Waals surface area (Å²) in [4.78, 5) is 18.7. The van der Waals surface area contributed by atoms with Gasteiger partial charge in [-0.2, -0.15) is 0 Å². The van der Waals surface area contributed by atoms with Gasteiger partial charge >= 0.3 is 0 Å². The van der Waals surface area contributed by atoms with Crippen molar-refractivity contribution in [2.75, 3.05) is 20.8 Å². The van der Waals surface area contributed by atoms with Gasteiger partial charge in [-0.25, -0.2) is 4.68 Å². The number of aromatic nitrogens is 5. The van der Waals surface area contributed by atoms with Gasteiger partial charge in [-0.05, 0) is 110 Å². The first-order valence-electron chi connectivity index (χ1n) is 13.4. The van der Waals surface area contributed by atoms with Crippen LogP contribution in [0.15, 0.2) is 41.2 Å². The molecular formula is C30H40N6O3. The van der Waals surface area contributed by atoms with Crippen molar-refractivity contribution in [1.82, 2.24) is 30.1 Å². The molecule has 1 N–H and O–H groups in total. The molecular weight excluding hydrogens is 492 g/mol. The average molecular weight is 533 g/mol. The third-order valence-electron chi connectivity index (χ3n) is 7.30. The van der Waals surface area contributed by atoms with Crippen LogP contribution in [0.3, 0.4) is 0 Å². The summed E-state index contributed by atoms with van der Waals surface area (Å²) in [6.07, 6.45) is 1.53. The SMILES string of the molecule is CCC(c1nnnn1C(C)(C)C)N(CCc1ccc(OC)c(OC)c1)Cc1cc2cc(C)c(C)cc2[nH]c1=O. The molecule has 1 unspecified atom stereocenters. The minimum Gasteiger partial charge on any atom is -0.493 e. The van der Waals surface area contributed by atoms with E-state index < -0.39 is 0 Å². The van der Waals surface area contributed by atoms with Crippen LogP contribution < -0.4 is 15.0 Å². The number of aryl methyl sites for hydroxylation is 2. The van der Waals surface area contributed by atoms with E-state index in [2.05, 4.69) is 73.0 Å². The minimum absolute atomic E-state index is 0.0767. The summed E-state index contributed by atoms with van der Waals surface area (Å²) in [5.74, 6) is 2.19. The summed E-state index contributed by atoms with van der Waals surface area (Å²) in [6.45, 7) is 13.7. The third-order valence-corrected chi connectivity index (χ3v) is 7.30. The smallest absolute Gasteiger partial charge is 0.252 e. The van der Waals surface area contributed by atoms with Crippen LogP contribution in [0.4, 0.5) is 0 Å². The van der Waals surface area contributed by atoms with Gasteiger partial charge in [-0.1, -0.05) is 13.0 Å². The predicted octanol–water partition coefficient (Wildman–Crippen LogP) is 5.10. The van der Waals surface area contributed by atoms with Gasteiger partial charge in [0.15, 0.2) is 17.3 Å². The number of tetrazole rings is 1. The normalized spacial score (nSPS) is 12.7. The van der Waals surface area contributed by atoms with Crippen LogP contribution in [0.25, 0.3) is 10.9 Å². The number of hydrogen-bond donors (Lipinski definition) is 1. The highest BCUT2D eigenvalue weighted by Crippen LogP contribution is 2.30. The highest BCUT2D eigenvalue weighted by molar-refractivity contribution is 5.80. The van der Waals surface area contributed by atoms with Crippen molar-refractivity contribution in [2.24, 2.45) is 0 Å². The molecule has 0 aliphatic heterocycles. The van der Waals surface area contributed by atoms with Crippen LogP contribution >= 0.6 is 0 Å². The lowest BCUT2D eigenvalue weighted by Gasteiger charge is -2.32. The quantitative estimate of drug-likeness (QED) is 0.303. The van der Waals surface area contributed by atoms with Crippen LogP contribution in [0, 0.1) is 13.8 Å². The summed E-state index contributed by atoms with van der Waals surface area (Å²) in [5.41, 5.74) is 4.67. The zero-order valence-corrected chi connectivity index (χ0v) is 24.3. The van der Waals surface area contributed by atoms with Gasteiger partial charge in [0.1, 0.15) is 0 Å². The molecule has 0 spiro atoms. The van der Waals surface area contributed by atoms with Crippen molar-refractivity contribution in [1.29, 1.82) is 0 Å². The Morgan fingerprint density at radius 2 is 1.74 bits per heavy atom. The van der Waals surface area contributed by atoms with E-state index in [0.717, 1.165) is 40.7 Å². The molecule has 0 amide bonds. The van der Waals surface area contributed by atoms with Gasteiger partial charge in [-0.3, -0.25) is 9.69 Å². The van der Waals surface area contributed by atoms with E-state index >= 15 is 0 Å². The monoisotopic (exact) mass is 532 g/mol. The molecule has 0 saturated heterocycles. The summed E-state index contributed by atoms with van der Waals surface area (Å²) in [7, 11) is 3.27. The molecule has 4 aromatic rings. The third kappa shape index (κ3) is 6.14. The molecule has 0 aliphatic carbocycles. The molecule has 2 heterocycles. The van der Waals surface area contributed by atoms with Gasteiger partial charge in [0.2, 0.25) is 0 Å². The molecule has 2 aromatic heterocycles. The van der Waals surface area contributed by atoms with Crippen molar-refractivity contribution in [3.63, 3.8) is 0 Å². The Bertz CT molecular complexity index is 1500. The second kappa shape index (κ2) is 11.6. The fourth-order valence-electron chi connectivity index (χ4n) is 5.00. The number of nitrogens with one attached hydrogen (secondary N) is 1. The first-order chi connectivity index (χ1) is 18.5. The van der Waals surface area contributed by atoms with Crippen molar-refractivity contribution in [3.05, 3.63) is 74.8 Å². The Hall–Kier alpha value is -3.72. The number of rotatable bonds is 10. The van der Waals surface area contributed by atoms with Gasteiger partial charge in [0, 0.05) is 24.2 Å². The molecule has 0 aliphatic rings. The Balaban J connectivity index is 1.73. The van der Waals surface area contributed by atoms with Crippen LogP contribution in [0.5, 0.6) is 11.5 Å². The molecule has 0 fully saturated rings. The number of methoxy groups -OCH3 is 2. The maximum atomic E-state index is 13.3. The predicted molar refractivity (Wildman–Crippen MR) is 154 cm³/mol. The summed E-state index contributed by atoms with van der Waals surface area (Å²) in [6, 6.07) is 12.1. The number of hydrogen-bond acceptors (Lipinski definition) is 7. The molecule has 2 aromatic carbocycles. The highest BCUT2D eigenvalue weighted by atomic mass is 16.5. The zero-order valence-electron chi connectivity index (χ0n) is 24.3. The van der Waals surface area contributed by atoms with Crippen LogP contribution in [-0.4, -0.2) is 50.9 Å². The summed E-state index contributed by atoms with van der Waals surface area (Å²) in [5, 5.41) is 13.8. The van der Waals surface area contributed by atoms with Gasteiger partial charge < -0.3 is 14.5 Å². The topological polar surface area (TPSA) is 98.2 Å². The van der Waals surface area contributed by atoms with Crippen molar-refractivity contribution >= 4 is 10.9 Å². The van der Waals surface area contributed by atoms with Crippen LogP contribution in [0.1, 0.15) is 68.2 Å². The maximum Gasteiger partial charge on any atom is 0.252 e. The Labute approximate surface area is 230 Å². The van der Waals surface area contributed by atoms with Gasteiger partial charge in [0.25, 0.3) is 5.56 Å². The van der Waals surface area contributed by atoms with E-state index in [9.17, 15) is 4.79 Å². The van der Waals surface area contributed by atoms with Crippen LogP contribution in [0.2, 0.25) is 0 Å². The van der Waals surface area contributed by atoms with Crippen molar-refractivity contribution < 1.29 is 9.47 Å². The lowest BCUT2D eigenvalue weighted by atomic mass is 10.0. The second-order valence-electron chi connectivity index (χ2n) is 11.1. The summed E-state index contributed by atoms with van der Waals surface area (Å²) >= 11 is 0. The highest BCUT2D eigenvalue weighted by Gasteiger charge is 2.29. The van der Waals surface area contributed by atoms with Crippen molar-refractivity contribution in [3.8, 4) is 11.5 Å². The molecule has 208 valence electrons. The Morgan fingerprint density at radius 1 is 1.03 bits per heavy atom. The lowest BCUT2D eigenvalue weighted by molar-refractivity contribution is 0.163. The van der Waals surface area contributed by atoms with Gasteiger partial charge in [0.05, 0.1) is 25.8 Å². The molecule has 9 nitrogen and oxygen atoms in total. The Kier molecular flexibility index (Phi) is 8.39. The molecule has 39 heavy (non-hydrogen) atoms. The fraction of sp³-hybridized carbons (Fsp3) is 0.467. The number of aromatic amines is 1. The van der Waals surface area contributed by atoms with E-state index in [-0.39, 0.29) is 17.1 Å². The molecule has 4 rings (SSSR count). The molecule has 0 radical (unpaired) electrons. The van der Waals surface area contributed by atoms with E-state index in [0.29, 0.717) is 30.2 Å². The number of benzene rings is 2. The van der Waals surface area contributed by atoms with Gasteiger partial charge in [-0.15, -0.1) is 5.10 Å². The zero-order chi connectivity index (χ0) is 28.3. The molecule has 0 saturated carbocycles. The largest absolute Gasteiger partial charge is 0.493 e. The standard InChI is InChI=1S/C30H40N6O3/c1-9-25(28-32-33-34-36(28)30(4,5)6)35(13-12-21-10-11-26(38-7)27(16-21)39-8)18-23-17-22-14-19(2)20(3)15-24(22)31-29(23)37/h10-11,14-17,25H,9,12-13,18H2,1-8H3,(H,31,37).